The summed E-state index contributed by atoms with van der Waals surface area (Å²) in [5, 5.41) is 5.68. The number of hydrogen-bond donors (Lipinski definition) is 1. The summed E-state index contributed by atoms with van der Waals surface area (Å²) in [5.74, 6) is 1.33. The van der Waals surface area contributed by atoms with Crippen LogP contribution in [0.2, 0.25) is 36.3 Å². The second kappa shape index (κ2) is 23.9. The lowest BCUT2D eigenvalue weighted by Gasteiger charge is -2.40. The van der Waals surface area contributed by atoms with Crippen molar-refractivity contribution >= 4 is 53.9 Å². The Morgan fingerprint density at radius 1 is 0.939 bits per heavy atom. The van der Waals surface area contributed by atoms with Gasteiger partial charge in [-0.25, -0.2) is 22.0 Å². The fourth-order valence-corrected chi connectivity index (χ4v) is 16.1. The molecule has 1 fully saturated rings. The molecule has 1 aromatic carbocycles. The predicted octanol–water partition coefficient (Wildman–Crippen LogP) is 11.7. The number of carbonyl (C=O) groups excluding carboxylic acids is 1. The zero-order valence-corrected chi connectivity index (χ0v) is 47.3. The lowest BCUT2D eigenvalue weighted by molar-refractivity contribution is -0.134. The molecule has 1 aliphatic heterocycles. The van der Waals surface area contributed by atoms with Gasteiger partial charge >= 0.3 is 0 Å². The van der Waals surface area contributed by atoms with Gasteiger partial charge in [-0.2, -0.15) is 4.31 Å². The van der Waals surface area contributed by atoms with Crippen molar-refractivity contribution < 1.29 is 35.2 Å². The minimum atomic E-state index is -4.15. The number of amides is 1. The van der Waals surface area contributed by atoms with Gasteiger partial charge in [0, 0.05) is 45.3 Å². The van der Waals surface area contributed by atoms with Crippen molar-refractivity contribution in [3.8, 4) is 0 Å². The van der Waals surface area contributed by atoms with Gasteiger partial charge in [0.25, 0.3) is 10.0 Å². The maximum Gasteiger partial charge on any atom is 0.253 e. The zero-order chi connectivity index (χ0) is 49.3. The number of primary sulfonamides is 1. The van der Waals surface area contributed by atoms with Gasteiger partial charge in [0.05, 0.1) is 18.2 Å². The highest BCUT2D eigenvalue weighted by molar-refractivity contribution is 7.94. The second-order valence-electron chi connectivity index (χ2n) is 22.2. The van der Waals surface area contributed by atoms with Gasteiger partial charge in [0.15, 0.2) is 16.6 Å². The Kier molecular flexibility index (Phi) is 20.6. The van der Waals surface area contributed by atoms with E-state index < -0.39 is 42.7 Å². The summed E-state index contributed by atoms with van der Waals surface area (Å²) in [6.07, 6.45) is 15.8. The van der Waals surface area contributed by atoms with Crippen LogP contribution in [0.4, 0.5) is 0 Å². The van der Waals surface area contributed by atoms with Crippen LogP contribution in [0.3, 0.4) is 0 Å². The van der Waals surface area contributed by atoms with Gasteiger partial charge in [0.1, 0.15) is 8.42 Å². The van der Waals surface area contributed by atoms with Gasteiger partial charge in [0.2, 0.25) is 15.9 Å². The molecule has 376 valence electrons. The number of fused-ring (bicyclic) bond motifs is 1. The number of allylic oxidation sites excluding steroid dienone is 2. The van der Waals surface area contributed by atoms with Crippen LogP contribution in [-0.2, 0) is 44.9 Å². The van der Waals surface area contributed by atoms with E-state index in [9.17, 15) is 21.6 Å². The van der Waals surface area contributed by atoms with Gasteiger partial charge < -0.3 is 18.5 Å². The van der Waals surface area contributed by atoms with Crippen molar-refractivity contribution in [2.75, 3.05) is 33.4 Å². The first-order chi connectivity index (χ1) is 30.6. The highest BCUT2D eigenvalue weighted by Gasteiger charge is 2.51. The summed E-state index contributed by atoms with van der Waals surface area (Å²) in [7, 11) is -10.7. The fourth-order valence-electron chi connectivity index (χ4n) is 9.03. The third-order valence-electron chi connectivity index (χ3n) is 15.2. The number of nitrogens with two attached hydrogens (primary N) is 1. The Morgan fingerprint density at radius 3 is 2.14 bits per heavy atom. The SMILES string of the molecule is CCN(C(=O)CCCCC/C=C\C[C@@H]1[C@@H](CC[C@H](C)CCc2ccccc2)[C@H](O[Si](C)(C)C(C)(C)C)C[C@@H]1O[Si](C)(C)C(C)(C)C)C1CN(CCCOC)S(=O)(=O)c2sc(S(N)(=O)=O)cc21. The van der Waals surface area contributed by atoms with E-state index in [4.69, 9.17) is 18.7 Å². The number of rotatable bonds is 25. The molecule has 0 radical (unpaired) electrons. The van der Waals surface area contributed by atoms with Crippen LogP contribution in [0.1, 0.15) is 143 Å². The van der Waals surface area contributed by atoms with Crippen molar-refractivity contribution in [1.82, 2.24) is 9.21 Å². The molecule has 6 atom stereocenters. The van der Waals surface area contributed by atoms with Crippen LogP contribution in [0.5, 0.6) is 0 Å². The Morgan fingerprint density at radius 2 is 1.56 bits per heavy atom. The molecule has 2 aliphatic rings. The molecule has 2 aromatic rings. The first kappa shape index (κ1) is 56.8. The van der Waals surface area contributed by atoms with E-state index in [0.717, 1.165) is 44.9 Å². The van der Waals surface area contributed by atoms with Crippen molar-refractivity contribution in [3.05, 3.63) is 59.7 Å². The quantitative estimate of drug-likeness (QED) is 0.0588. The van der Waals surface area contributed by atoms with Crippen LogP contribution in [-0.4, -0.2) is 94.1 Å². The molecule has 2 N–H and O–H groups in total. The predicted molar refractivity (Wildman–Crippen MR) is 277 cm³/mol. The molecule has 1 saturated carbocycles. The van der Waals surface area contributed by atoms with E-state index in [-0.39, 0.29) is 49.7 Å². The number of nitrogens with zero attached hydrogens (tertiary/aromatic N) is 2. The van der Waals surface area contributed by atoms with Gasteiger partial charge in [-0.1, -0.05) is 104 Å². The maximum absolute atomic E-state index is 13.9. The van der Waals surface area contributed by atoms with Crippen molar-refractivity contribution in [1.29, 1.82) is 0 Å². The number of ether oxygens (including phenoxy) is 1. The Labute approximate surface area is 407 Å². The van der Waals surface area contributed by atoms with Crippen LogP contribution >= 0.6 is 11.3 Å². The molecule has 4 rings (SSSR count). The highest BCUT2D eigenvalue weighted by atomic mass is 32.3. The van der Waals surface area contributed by atoms with Crippen LogP contribution < -0.4 is 5.14 Å². The first-order valence-corrected chi connectivity index (χ1v) is 34.3. The van der Waals surface area contributed by atoms with Crippen LogP contribution in [0, 0.1) is 17.8 Å². The third kappa shape index (κ3) is 15.1. The average molecular weight is 1010 g/mol. The number of aryl methyl sites for hydroxylation is 1. The molecule has 2 heterocycles. The Balaban J connectivity index is 1.43. The standard InChI is InChI=1S/C50H87N3O8S3Si2/c1-14-53(43-37-52(33-24-34-59-9)64(57,58)48-42(43)35-47(62-48)63(51,55)56)46(54)28-23-18-16-15-17-22-27-40-41(32-30-38(2)29-31-39-25-20-19-21-26-39)45(61-66(12,13)50(6,7)8)36-44(40)60-65(10,11)49(3,4)5/h17,19-22,25-26,35,38,40-41,43-45H,14-16,18,23-24,27-34,36-37H2,1-13H3,(H2,51,55,56)/b22-17-/t38-,40-,41-,43?,44+,45-/m1/s1. The maximum atomic E-state index is 13.9. The lowest BCUT2D eigenvalue weighted by Crippen LogP contribution is -2.47. The first-order valence-electron chi connectivity index (χ1n) is 24.6. The summed E-state index contributed by atoms with van der Waals surface area (Å²) >= 11 is 0.656. The smallest absolute Gasteiger partial charge is 0.253 e. The molecule has 11 nitrogen and oxygen atoms in total. The minimum absolute atomic E-state index is 0.0459. The number of methoxy groups -OCH3 is 1. The fraction of sp³-hybridized carbons (Fsp3) is 0.740. The Hall–Kier alpha value is -1.74. The molecule has 1 amide bonds. The number of carbonyl (C=O) groups is 1. The summed E-state index contributed by atoms with van der Waals surface area (Å²) < 4.78 is 72.9. The molecule has 1 unspecified atom stereocenters. The molecule has 1 aromatic heterocycles. The number of thiophene rings is 1. The van der Waals surface area contributed by atoms with Crippen molar-refractivity contribution in [2.45, 2.75) is 195 Å². The van der Waals surface area contributed by atoms with Crippen molar-refractivity contribution in [3.63, 3.8) is 0 Å². The van der Waals surface area contributed by atoms with Gasteiger partial charge in [-0.05, 0) is 130 Å². The van der Waals surface area contributed by atoms with Crippen molar-refractivity contribution in [2.24, 2.45) is 22.9 Å². The van der Waals surface area contributed by atoms with E-state index in [2.05, 4.69) is 117 Å². The van der Waals surface area contributed by atoms with Gasteiger partial charge in [-0.3, -0.25) is 4.79 Å². The molecule has 1 aliphatic carbocycles. The topological polar surface area (TPSA) is 146 Å². The monoisotopic (exact) mass is 1010 g/mol. The van der Waals surface area contributed by atoms with E-state index >= 15 is 0 Å². The molecular weight excluding hydrogens is 923 g/mol. The number of hydrogen-bond acceptors (Lipinski definition) is 9. The minimum Gasteiger partial charge on any atom is -0.414 e. The molecule has 66 heavy (non-hydrogen) atoms. The van der Waals surface area contributed by atoms with Crippen LogP contribution in [0.25, 0.3) is 0 Å². The largest absolute Gasteiger partial charge is 0.414 e. The Bertz CT molecular complexity index is 2100. The third-order valence-corrected chi connectivity index (χ3v) is 29.1. The number of likely N-dealkylation sites (N-methyl/N-ethyl adjacent to an activating group) is 1. The molecular formula is C50H87N3O8S3Si2. The molecule has 0 spiro atoms. The van der Waals surface area contributed by atoms with E-state index in [1.54, 1.807) is 12.0 Å². The van der Waals surface area contributed by atoms with E-state index in [1.165, 1.54) is 28.8 Å². The lowest BCUT2D eigenvalue weighted by atomic mass is 9.84. The summed E-state index contributed by atoms with van der Waals surface area (Å²) in [5.41, 5.74) is 1.73. The normalized spacial score (nSPS) is 22.5. The zero-order valence-electron chi connectivity index (χ0n) is 42.9. The number of unbranched alkanes of at least 4 members (excludes halogenated alkanes) is 3. The van der Waals surface area contributed by atoms with Gasteiger partial charge in [-0.15, -0.1) is 11.3 Å². The van der Waals surface area contributed by atoms with E-state index in [1.807, 2.05) is 6.92 Å². The summed E-state index contributed by atoms with van der Waals surface area (Å²) in [4.78, 5) is 15.5. The summed E-state index contributed by atoms with van der Waals surface area (Å²) in [6, 6.07) is 11.6. The van der Waals surface area contributed by atoms with E-state index in [0.29, 0.717) is 67.1 Å². The molecule has 0 saturated heterocycles. The number of benzene rings is 1. The number of sulfonamides is 2. The summed E-state index contributed by atoms with van der Waals surface area (Å²) in [6.45, 7) is 28.8. The highest BCUT2D eigenvalue weighted by Crippen LogP contribution is 2.49. The molecule has 16 heteroatoms. The second-order valence-corrected chi connectivity index (χ2v) is 36.7. The average Bonchev–Trinajstić information content (AvgIpc) is 3.81. The van der Waals surface area contributed by atoms with Crippen LogP contribution in [0.15, 0.2) is 57.0 Å². The molecule has 0 bridgehead atoms.